The van der Waals surface area contributed by atoms with E-state index in [0.717, 1.165) is 0 Å². The Hall–Kier alpha value is -0.650. The summed E-state index contributed by atoms with van der Waals surface area (Å²) in [6.07, 6.45) is -2.30. The normalized spacial score (nSPS) is 35.2. The van der Waals surface area contributed by atoms with Crippen molar-refractivity contribution in [3.63, 3.8) is 0 Å². The number of aliphatic hydroxyl groups excluding tert-OH is 1. The summed E-state index contributed by atoms with van der Waals surface area (Å²) in [6.45, 7) is 0.237. The van der Waals surface area contributed by atoms with Gasteiger partial charge in [-0.3, -0.25) is 0 Å². The lowest BCUT2D eigenvalue weighted by molar-refractivity contribution is -0.148. The predicted octanol–water partition coefficient (Wildman–Crippen LogP) is -1.07. The largest absolute Gasteiger partial charge is 0.455 e. The highest BCUT2D eigenvalue weighted by molar-refractivity contribution is 5.77. The molecule has 0 spiro atoms. The maximum atomic E-state index is 10.8. The number of cyclic esters (lactones) is 1. The third-order valence-electron chi connectivity index (χ3n) is 1.79. The molecular weight excluding hydrogens is 164 g/mol. The molecule has 0 aliphatic carbocycles. The minimum atomic E-state index is -1.19. The number of carbonyl (C=O) groups is 1. The van der Waals surface area contributed by atoms with Gasteiger partial charge in [-0.25, -0.2) is 4.79 Å². The summed E-state index contributed by atoms with van der Waals surface area (Å²) < 4.78 is 14.4. The van der Waals surface area contributed by atoms with Crippen LogP contribution in [0.2, 0.25) is 0 Å². The Balaban J connectivity index is 2.58. The van der Waals surface area contributed by atoms with Gasteiger partial charge in [0.1, 0.15) is 6.10 Å². The molecule has 0 aromatic heterocycles. The second-order valence-corrected chi connectivity index (χ2v) is 2.58. The molecular formula is C7H12O5. The molecule has 5 heteroatoms. The van der Waals surface area contributed by atoms with Crippen molar-refractivity contribution in [2.24, 2.45) is 0 Å². The highest BCUT2D eigenvalue weighted by atomic mass is 16.6. The van der Waals surface area contributed by atoms with E-state index in [1.807, 2.05) is 0 Å². The average Bonchev–Trinajstić information content (AvgIpc) is 2.29. The molecule has 0 radical (unpaired) electrons. The maximum Gasteiger partial charge on any atom is 0.338 e. The van der Waals surface area contributed by atoms with Crippen molar-refractivity contribution >= 4 is 5.97 Å². The van der Waals surface area contributed by atoms with Gasteiger partial charge in [-0.2, -0.15) is 0 Å². The van der Waals surface area contributed by atoms with Crippen molar-refractivity contribution in [2.45, 2.75) is 18.3 Å². The van der Waals surface area contributed by atoms with Gasteiger partial charge in [-0.05, 0) is 0 Å². The first-order valence-corrected chi connectivity index (χ1v) is 3.61. The second-order valence-electron chi connectivity index (χ2n) is 2.58. The molecule has 0 saturated carbocycles. The number of methoxy groups -OCH3 is 2. The molecule has 1 fully saturated rings. The van der Waals surface area contributed by atoms with Gasteiger partial charge < -0.3 is 19.3 Å². The fourth-order valence-corrected chi connectivity index (χ4v) is 1.20. The van der Waals surface area contributed by atoms with Crippen molar-refractivity contribution < 1.29 is 24.1 Å². The van der Waals surface area contributed by atoms with Crippen LogP contribution in [0.3, 0.4) is 0 Å². The van der Waals surface area contributed by atoms with Gasteiger partial charge in [-0.15, -0.1) is 0 Å². The first-order chi connectivity index (χ1) is 5.70. The quantitative estimate of drug-likeness (QED) is 0.555. The molecule has 1 aliphatic heterocycles. The Labute approximate surface area is 70.2 Å². The Morgan fingerprint density at radius 3 is 2.75 bits per heavy atom. The molecule has 1 N–H and O–H groups in total. The van der Waals surface area contributed by atoms with E-state index in [9.17, 15) is 9.90 Å². The topological polar surface area (TPSA) is 65.0 Å². The van der Waals surface area contributed by atoms with Gasteiger partial charge in [0.15, 0.2) is 12.2 Å². The third-order valence-corrected chi connectivity index (χ3v) is 1.79. The van der Waals surface area contributed by atoms with Crippen LogP contribution in [0.1, 0.15) is 0 Å². The Morgan fingerprint density at radius 1 is 1.58 bits per heavy atom. The lowest BCUT2D eigenvalue weighted by Gasteiger charge is -2.15. The number of esters is 1. The zero-order valence-electron chi connectivity index (χ0n) is 7.02. The molecule has 1 saturated heterocycles. The lowest BCUT2D eigenvalue weighted by atomic mass is 10.1. The lowest BCUT2D eigenvalue weighted by Crippen LogP contribution is -2.35. The van der Waals surface area contributed by atoms with Crippen LogP contribution in [0.4, 0.5) is 0 Å². The number of rotatable bonds is 3. The fraction of sp³-hybridized carbons (Fsp3) is 0.857. The first-order valence-electron chi connectivity index (χ1n) is 3.61. The van der Waals surface area contributed by atoms with E-state index in [1.54, 1.807) is 0 Å². The van der Waals surface area contributed by atoms with Crippen LogP contribution in [0.5, 0.6) is 0 Å². The molecule has 0 bridgehead atoms. The van der Waals surface area contributed by atoms with E-state index < -0.39 is 24.3 Å². The van der Waals surface area contributed by atoms with Crippen molar-refractivity contribution in [1.29, 1.82) is 0 Å². The summed E-state index contributed by atoms with van der Waals surface area (Å²) in [5.74, 6) is -0.649. The van der Waals surface area contributed by atoms with Crippen molar-refractivity contribution in [3.8, 4) is 0 Å². The smallest absolute Gasteiger partial charge is 0.338 e. The van der Waals surface area contributed by atoms with Crippen molar-refractivity contribution in [2.75, 3.05) is 20.8 Å². The molecule has 0 amide bonds. The highest BCUT2D eigenvalue weighted by Gasteiger charge is 2.43. The van der Waals surface area contributed by atoms with E-state index in [-0.39, 0.29) is 6.61 Å². The molecule has 70 valence electrons. The summed E-state index contributed by atoms with van der Waals surface area (Å²) in [5.41, 5.74) is 0. The first kappa shape index (κ1) is 9.44. The maximum absolute atomic E-state index is 10.8. The number of ether oxygens (including phenoxy) is 3. The summed E-state index contributed by atoms with van der Waals surface area (Å²) >= 11 is 0. The summed E-state index contributed by atoms with van der Waals surface area (Å²) in [4.78, 5) is 10.8. The molecule has 1 aliphatic rings. The van der Waals surface area contributed by atoms with Crippen LogP contribution in [0.15, 0.2) is 0 Å². The Morgan fingerprint density at radius 2 is 2.25 bits per heavy atom. The number of hydrogen-bond acceptors (Lipinski definition) is 5. The molecule has 0 aromatic rings. The van der Waals surface area contributed by atoms with Gasteiger partial charge in [0, 0.05) is 14.2 Å². The molecule has 3 atom stereocenters. The van der Waals surface area contributed by atoms with E-state index >= 15 is 0 Å². The minimum Gasteiger partial charge on any atom is -0.455 e. The van der Waals surface area contributed by atoms with Gasteiger partial charge >= 0.3 is 5.97 Å². The van der Waals surface area contributed by atoms with Crippen molar-refractivity contribution in [3.05, 3.63) is 0 Å². The summed E-state index contributed by atoms with van der Waals surface area (Å²) in [5, 5.41) is 9.20. The molecule has 1 heterocycles. The molecule has 5 nitrogen and oxygen atoms in total. The van der Waals surface area contributed by atoms with E-state index in [2.05, 4.69) is 0 Å². The van der Waals surface area contributed by atoms with Crippen LogP contribution < -0.4 is 0 Å². The third kappa shape index (κ3) is 1.57. The summed E-state index contributed by atoms with van der Waals surface area (Å²) in [6, 6.07) is 0. The molecule has 0 unspecified atom stereocenters. The van der Waals surface area contributed by atoms with E-state index in [1.165, 1.54) is 14.2 Å². The van der Waals surface area contributed by atoms with Crippen molar-refractivity contribution in [1.82, 2.24) is 0 Å². The zero-order chi connectivity index (χ0) is 9.14. The predicted molar refractivity (Wildman–Crippen MR) is 38.6 cm³/mol. The Kier molecular flexibility index (Phi) is 3.02. The molecule has 1 rings (SSSR count). The van der Waals surface area contributed by atoms with E-state index in [4.69, 9.17) is 14.2 Å². The van der Waals surface area contributed by atoms with Gasteiger partial charge in [0.05, 0.1) is 6.61 Å². The van der Waals surface area contributed by atoms with Gasteiger partial charge in [-0.1, -0.05) is 0 Å². The van der Waals surface area contributed by atoms with Gasteiger partial charge in [0.25, 0.3) is 0 Å². The minimum absolute atomic E-state index is 0.237. The van der Waals surface area contributed by atoms with E-state index in [0.29, 0.717) is 0 Å². The molecule has 12 heavy (non-hydrogen) atoms. The Bertz CT molecular complexity index is 169. The summed E-state index contributed by atoms with van der Waals surface area (Å²) in [7, 11) is 2.91. The SMILES string of the molecule is COC[C@H]1OC(=O)[C@H](O)[C@H]1OC. The highest BCUT2D eigenvalue weighted by Crippen LogP contribution is 2.18. The number of carbonyl (C=O) groups excluding carboxylic acids is 1. The second kappa shape index (κ2) is 3.84. The fourth-order valence-electron chi connectivity index (χ4n) is 1.20. The monoisotopic (exact) mass is 176 g/mol. The molecule has 0 aromatic carbocycles. The van der Waals surface area contributed by atoms with Crippen LogP contribution >= 0.6 is 0 Å². The van der Waals surface area contributed by atoms with Gasteiger partial charge in [0.2, 0.25) is 0 Å². The van der Waals surface area contributed by atoms with Crippen LogP contribution in [-0.4, -0.2) is 50.2 Å². The number of aliphatic hydroxyl groups is 1. The zero-order valence-corrected chi connectivity index (χ0v) is 7.02. The number of hydrogen-bond donors (Lipinski definition) is 1. The van der Waals surface area contributed by atoms with Crippen LogP contribution in [0, 0.1) is 0 Å². The van der Waals surface area contributed by atoms with Crippen LogP contribution in [0.25, 0.3) is 0 Å². The average molecular weight is 176 g/mol. The van der Waals surface area contributed by atoms with Crippen LogP contribution in [-0.2, 0) is 19.0 Å². The standard InChI is InChI=1S/C7H12O5/c1-10-3-4-6(11-2)5(8)7(9)12-4/h4-6,8H,3H2,1-2H3/t4-,5-,6+/m1/s1.